The van der Waals surface area contributed by atoms with E-state index in [1.54, 1.807) is 6.92 Å². The highest BCUT2D eigenvalue weighted by Gasteiger charge is 2.28. The van der Waals surface area contributed by atoms with Crippen LogP contribution in [-0.4, -0.2) is 25.1 Å². The van der Waals surface area contributed by atoms with Crippen molar-refractivity contribution in [2.24, 2.45) is 0 Å². The number of esters is 1. The number of hydrogen-bond donors (Lipinski definition) is 1. The van der Waals surface area contributed by atoms with E-state index in [0.29, 0.717) is 16.3 Å². The minimum atomic E-state index is -0.716. The number of nitrogens with one attached hydrogen (secondary N) is 1. The average Bonchev–Trinajstić information content (AvgIpc) is 3.17. The van der Waals surface area contributed by atoms with Crippen LogP contribution in [0.2, 0.25) is 0 Å². The Kier molecular flexibility index (Phi) is 6.37. The third-order valence-electron chi connectivity index (χ3n) is 5.44. The molecule has 2 aromatic carbocycles. The van der Waals surface area contributed by atoms with Crippen LogP contribution in [-0.2, 0) is 22.4 Å². The Morgan fingerprint density at radius 2 is 1.65 bits per heavy atom. The summed E-state index contributed by atoms with van der Waals surface area (Å²) in [5, 5.41) is 3.45. The summed E-state index contributed by atoms with van der Waals surface area (Å²) in [5.41, 5.74) is 3.72. The molecule has 1 N–H and O–H groups in total. The molecular formula is C25H25NO4S. The number of anilines is 1. The predicted octanol–water partition coefficient (Wildman–Crippen LogP) is 5.49. The Morgan fingerprint density at radius 1 is 0.968 bits per heavy atom. The van der Waals surface area contributed by atoms with Crippen molar-refractivity contribution in [2.45, 2.75) is 38.7 Å². The van der Waals surface area contributed by atoms with Gasteiger partial charge >= 0.3 is 5.97 Å². The summed E-state index contributed by atoms with van der Waals surface area (Å²) in [6, 6.07) is 17.7. The fourth-order valence-corrected chi connectivity index (χ4v) is 5.08. The maximum Gasteiger partial charge on any atom is 0.341 e. The van der Waals surface area contributed by atoms with Gasteiger partial charge in [0.1, 0.15) is 10.8 Å². The summed E-state index contributed by atoms with van der Waals surface area (Å²) in [7, 11) is 1.37. The molecule has 0 spiro atoms. The number of benzene rings is 2. The van der Waals surface area contributed by atoms with E-state index in [2.05, 4.69) is 5.32 Å². The zero-order chi connectivity index (χ0) is 21.8. The van der Waals surface area contributed by atoms with E-state index in [1.807, 2.05) is 54.6 Å². The monoisotopic (exact) mass is 435 g/mol. The van der Waals surface area contributed by atoms with Crippen molar-refractivity contribution >= 4 is 28.2 Å². The lowest BCUT2D eigenvalue weighted by Crippen LogP contribution is -2.30. The van der Waals surface area contributed by atoms with Crippen molar-refractivity contribution in [3.63, 3.8) is 0 Å². The molecular weight excluding hydrogens is 410 g/mol. The van der Waals surface area contributed by atoms with Gasteiger partial charge in [0.15, 0.2) is 6.10 Å². The molecule has 1 aromatic heterocycles. The number of methoxy groups -OCH3 is 1. The van der Waals surface area contributed by atoms with Crippen LogP contribution in [0.3, 0.4) is 0 Å². The first kappa shape index (κ1) is 21.1. The van der Waals surface area contributed by atoms with Crippen LogP contribution in [0.4, 0.5) is 5.00 Å². The lowest BCUT2D eigenvalue weighted by atomic mass is 9.95. The van der Waals surface area contributed by atoms with E-state index in [0.717, 1.165) is 47.3 Å². The second-order valence-corrected chi connectivity index (χ2v) is 8.65. The molecule has 1 unspecified atom stereocenters. The highest BCUT2D eigenvalue weighted by Crippen LogP contribution is 2.38. The molecule has 1 aliphatic carbocycles. The normalized spacial score (nSPS) is 13.7. The summed E-state index contributed by atoms with van der Waals surface area (Å²) in [5.74, 6) is -0.0864. The molecule has 31 heavy (non-hydrogen) atoms. The lowest BCUT2D eigenvalue weighted by Gasteiger charge is -2.15. The van der Waals surface area contributed by atoms with Crippen molar-refractivity contribution in [1.29, 1.82) is 0 Å². The quantitative estimate of drug-likeness (QED) is 0.520. The molecule has 160 valence electrons. The maximum atomic E-state index is 12.8. The average molecular weight is 436 g/mol. The number of carbonyl (C=O) groups excluding carboxylic acids is 2. The largest absolute Gasteiger partial charge is 0.481 e. The maximum absolute atomic E-state index is 12.8. The molecule has 3 aromatic rings. The number of hydrogen-bond acceptors (Lipinski definition) is 5. The summed E-state index contributed by atoms with van der Waals surface area (Å²) in [4.78, 5) is 26.3. The Bertz CT molecular complexity index is 1070. The van der Waals surface area contributed by atoms with E-state index in [-0.39, 0.29) is 5.91 Å². The van der Waals surface area contributed by atoms with Gasteiger partial charge in [-0.2, -0.15) is 0 Å². The molecule has 4 rings (SSSR count). The van der Waals surface area contributed by atoms with Gasteiger partial charge in [0.25, 0.3) is 5.91 Å². The second kappa shape index (κ2) is 9.35. The third-order valence-corrected chi connectivity index (χ3v) is 6.65. The van der Waals surface area contributed by atoms with E-state index in [4.69, 9.17) is 9.47 Å². The topological polar surface area (TPSA) is 64.6 Å². The highest BCUT2D eigenvalue weighted by molar-refractivity contribution is 7.17. The SMILES string of the molecule is COC(=O)c1c(NC(=O)C(C)Oc2ccc(-c3ccccc3)cc2)sc2c1CCCC2. The molecule has 0 bridgehead atoms. The fraction of sp³-hybridized carbons (Fsp3) is 0.280. The lowest BCUT2D eigenvalue weighted by molar-refractivity contribution is -0.122. The van der Waals surface area contributed by atoms with Crippen LogP contribution in [0.25, 0.3) is 11.1 Å². The molecule has 0 fully saturated rings. The molecule has 5 nitrogen and oxygen atoms in total. The zero-order valence-corrected chi connectivity index (χ0v) is 18.5. The Morgan fingerprint density at radius 3 is 2.35 bits per heavy atom. The molecule has 0 aliphatic heterocycles. The van der Waals surface area contributed by atoms with Crippen LogP contribution in [0.5, 0.6) is 5.75 Å². The molecule has 1 heterocycles. The van der Waals surface area contributed by atoms with Gasteiger partial charge in [0.2, 0.25) is 0 Å². The molecule has 0 radical (unpaired) electrons. The summed E-state index contributed by atoms with van der Waals surface area (Å²) >= 11 is 1.47. The van der Waals surface area contributed by atoms with E-state index in [9.17, 15) is 9.59 Å². The molecule has 6 heteroatoms. The van der Waals surface area contributed by atoms with Crippen molar-refractivity contribution < 1.29 is 19.1 Å². The van der Waals surface area contributed by atoms with E-state index in [1.165, 1.54) is 18.4 Å². The number of aryl methyl sites for hydroxylation is 1. The predicted molar refractivity (Wildman–Crippen MR) is 123 cm³/mol. The van der Waals surface area contributed by atoms with Gasteiger partial charge in [-0.25, -0.2) is 4.79 Å². The van der Waals surface area contributed by atoms with Gasteiger partial charge in [0, 0.05) is 4.88 Å². The second-order valence-electron chi connectivity index (χ2n) is 7.55. The minimum Gasteiger partial charge on any atom is -0.481 e. The number of carbonyl (C=O) groups is 2. The number of rotatable bonds is 6. The molecule has 0 saturated carbocycles. The fourth-order valence-electron chi connectivity index (χ4n) is 3.80. The first-order valence-corrected chi connectivity index (χ1v) is 11.2. The minimum absolute atomic E-state index is 0.295. The Labute approximate surface area is 186 Å². The molecule has 1 aliphatic rings. The number of ether oxygens (including phenoxy) is 2. The van der Waals surface area contributed by atoms with Gasteiger partial charge in [0.05, 0.1) is 12.7 Å². The van der Waals surface area contributed by atoms with Gasteiger partial charge in [-0.05, 0) is 61.4 Å². The number of fused-ring (bicyclic) bond motifs is 1. The van der Waals surface area contributed by atoms with Crippen molar-refractivity contribution in [1.82, 2.24) is 0 Å². The van der Waals surface area contributed by atoms with E-state index >= 15 is 0 Å². The summed E-state index contributed by atoms with van der Waals surface area (Å²) < 4.78 is 10.8. The van der Waals surface area contributed by atoms with Crippen LogP contribution in [0.15, 0.2) is 54.6 Å². The third kappa shape index (κ3) is 4.64. The molecule has 1 atom stereocenters. The highest BCUT2D eigenvalue weighted by atomic mass is 32.1. The van der Waals surface area contributed by atoms with Gasteiger partial charge in [-0.3, -0.25) is 4.79 Å². The Hall–Kier alpha value is -3.12. The summed E-state index contributed by atoms with van der Waals surface area (Å²) in [6.07, 6.45) is 3.19. The van der Waals surface area contributed by atoms with Crippen LogP contribution in [0.1, 0.15) is 40.6 Å². The van der Waals surface area contributed by atoms with E-state index < -0.39 is 12.1 Å². The van der Waals surface area contributed by atoms with Crippen LogP contribution < -0.4 is 10.1 Å². The Balaban J connectivity index is 1.46. The smallest absolute Gasteiger partial charge is 0.341 e. The standard InChI is InChI=1S/C25H25NO4S/c1-16(30-19-14-12-18(13-15-19)17-8-4-3-5-9-17)23(27)26-24-22(25(28)29-2)20-10-6-7-11-21(20)31-24/h3-5,8-9,12-16H,6-7,10-11H2,1-2H3,(H,26,27). The van der Waals surface area contributed by atoms with Crippen molar-refractivity contribution in [2.75, 3.05) is 12.4 Å². The van der Waals surface area contributed by atoms with Gasteiger partial charge in [-0.1, -0.05) is 42.5 Å². The molecule has 0 saturated heterocycles. The summed E-state index contributed by atoms with van der Waals surface area (Å²) in [6.45, 7) is 1.70. The van der Waals surface area contributed by atoms with Crippen molar-refractivity contribution in [3.05, 3.63) is 70.6 Å². The first-order chi connectivity index (χ1) is 15.1. The van der Waals surface area contributed by atoms with Crippen molar-refractivity contribution in [3.8, 4) is 16.9 Å². The molecule has 1 amide bonds. The van der Waals surface area contributed by atoms with Crippen LogP contribution in [0, 0.1) is 0 Å². The van der Waals surface area contributed by atoms with Gasteiger partial charge in [-0.15, -0.1) is 11.3 Å². The first-order valence-electron chi connectivity index (χ1n) is 10.4. The van der Waals surface area contributed by atoms with Gasteiger partial charge < -0.3 is 14.8 Å². The number of amides is 1. The zero-order valence-electron chi connectivity index (χ0n) is 17.6. The van der Waals surface area contributed by atoms with Crippen LogP contribution >= 0.6 is 11.3 Å². The number of thiophene rings is 1.